The van der Waals surface area contributed by atoms with Crippen LogP contribution in [-0.2, 0) is 4.79 Å². The third kappa shape index (κ3) is 4.21. The maximum Gasteiger partial charge on any atom is 0.292 e. The van der Waals surface area contributed by atoms with Crippen LogP contribution in [0, 0.1) is 10.1 Å². The second-order valence-electron chi connectivity index (χ2n) is 4.94. The molecule has 2 aromatic carbocycles. The lowest BCUT2D eigenvalue weighted by molar-refractivity contribution is -0.383. The molecule has 0 saturated heterocycles. The molecule has 0 spiro atoms. The molecular weight excluding hydrogens is 342 g/mol. The third-order valence-corrected chi connectivity index (χ3v) is 4.07. The van der Waals surface area contributed by atoms with Crippen molar-refractivity contribution in [3.63, 3.8) is 0 Å². The first kappa shape index (κ1) is 16.7. The zero-order valence-corrected chi connectivity index (χ0v) is 13.7. The Morgan fingerprint density at radius 2 is 1.88 bits per heavy atom. The first-order valence-electron chi connectivity index (χ1n) is 7.27. The Bertz CT molecular complexity index is 898. The minimum atomic E-state index is -0.538. The maximum atomic E-state index is 12.0. The van der Waals surface area contributed by atoms with Gasteiger partial charge in [0.05, 0.1) is 10.7 Å². The van der Waals surface area contributed by atoms with E-state index in [2.05, 4.69) is 20.5 Å². The number of rotatable bonds is 6. The highest BCUT2D eigenvalue weighted by atomic mass is 32.2. The van der Waals surface area contributed by atoms with Gasteiger partial charge in [-0.1, -0.05) is 54.2 Å². The van der Waals surface area contributed by atoms with E-state index in [1.165, 1.54) is 12.1 Å². The van der Waals surface area contributed by atoms with Crippen molar-refractivity contribution in [2.45, 2.75) is 5.16 Å². The van der Waals surface area contributed by atoms with Crippen molar-refractivity contribution in [1.29, 1.82) is 0 Å². The van der Waals surface area contributed by atoms with Crippen LogP contribution >= 0.6 is 11.8 Å². The quantitative estimate of drug-likeness (QED) is 0.399. The van der Waals surface area contributed by atoms with Crippen LogP contribution in [0.3, 0.4) is 0 Å². The topological polar surface area (TPSA) is 114 Å². The minimum Gasteiger partial charge on any atom is -0.320 e. The van der Waals surface area contributed by atoms with Crippen molar-refractivity contribution in [2.75, 3.05) is 11.1 Å². The molecule has 0 unspecified atom stereocenters. The van der Waals surface area contributed by atoms with E-state index >= 15 is 0 Å². The predicted octanol–water partition coefficient (Wildman–Crippen LogP) is 3.11. The molecule has 9 heteroatoms. The Balaban J connectivity index is 1.60. The number of para-hydroxylation sites is 2. The highest BCUT2D eigenvalue weighted by molar-refractivity contribution is 7.99. The minimum absolute atomic E-state index is 0.0398. The van der Waals surface area contributed by atoms with Crippen LogP contribution in [0.15, 0.2) is 59.8 Å². The molecule has 8 nitrogen and oxygen atoms in total. The summed E-state index contributed by atoms with van der Waals surface area (Å²) in [6.07, 6.45) is 0. The van der Waals surface area contributed by atoms with Crippen LogP contribution in [0.4, 0.5) is 11.4 Å². The molecule has 0 aliphatic heterocycles. The molecular formula is C16H13N5O3S. The largest absolute Gasteiger partial charge is 0.320 e. The number of amides is 1. The molecule has 0 fully saturated rings. The maximum absolute atomic E-state index is 12.0. The molecule has 0 radical (unpaired) electrons. The average Bonchev–Trinajstić information content (AvgIpc) is 3.10. The van der Waals surface area contributed by atoms with Crippen molar-refractivity contribution >= 4 is 29.0 Å². The first-order chi connectivity index (χ1) is 12.1. The zero-order chi connectivity index (χ0) is 17.6. The molecule has 0 aliphatic carbocycles. The van der Waals surface area contributed by atoms with Crippen LogP contribution in [0.2, 0.25) is 0 Å². The van der Waals surface area contributed by atoms with Crippen molar-refractivity contribution in [2.24, 2.45) is 0 Å². The standard InChI is InChI=1S/C16H13N5O3S/c22-14(17-12-8-4-5-9-13(12)21(23)24)10-25-16-18-15(19-20-16)11-6-2-1-3-7-11/h1-9H,10H2,(H,17,22)(H,18,19,20). The van der Waals surface area contributed by atoms with Gasteiger partial charge in [0, 0.05) is 11.6 Å². The number of carbonyl (C=O) groups excluding carboxylic acids is 1. The van der Waals surface area contributed by atoms with Crippen LogP contribution < -0.4 is 5.32 Å². The van der Waals surface area contributed by atoms with E-state index in [0.717, 1.165) is 17.3 Å². The van der Waals surface area contributed by atoms with Gasteiger partial charge in [-0.25, -0.2) is 4.98 Å². The fourth-order valence-electron chi connectivity index (χ4n) is 2.09. The molecule has 0 atom stereocenters. The van der Waals surface area contributed by atoms with Crippen molar-refractivity contribution in [3.8, 4) is 11.4 Å². The number of aromatic amines is 1. The number of hydrogen-bond donors (Lipinski definition) is 2. The average molecular weight is 355 g/mol. The first-order valence-corrected chi connectivity index (χ1v) is 8.26. The Hall–Kier alpha value is -3.20. The fraction of sp³-hybridized carbons (Fsp3) is 0.0625. The van der Waals surface area contributed by atoms with Gasteiger partial charge in [-0.3, -0.25) is 20.0 Å². The van der Waals surface area contributed by atoms with Crippen LogP contribution in [0.5, 0.6) is 0 Å². The number of aromatic nitrogens is 3. The van der Waals surface area contributed by atoms with Gasteiger partial charge in [-0.2, -0.15) is 0 Å². The number of H-pyrrole nitrogens is 1. The molecule has 3 aromatic rings. The molecule has 0 bridgehead atoms. The van der Waals surface area contributed by atoms with E-state index in [4.69, 9.17) is 0 Å². The van der Waals surface area contributed by atoms with Crippen LogP contribution in [0.1, 0.15) is 0 Å². The number of nitrogens with zero attached hydrogens (tertiary/aromatic N) is 3. The van der Waals surface area contributed by atoms with Gasteiger partial charge < -0.3 is 5.32 Å². The molecule has 1 amide bonds. The SMILES string of the molecule is O=C(CSc1n[nH]c(-c2ccccc2)n1)Nc1ccccc1[N+](=O)[O-]. The van der Waals surface area contributed by atoms with Crippen molar-refractivity contribution < 1.29 is 9.72 Å². The number of benzene rings is 2. The number of nitrogens with one attached hydrogen (secondary N) is 2. The van der Waals surface area contributed by atoms with Gasteiger partial charge in [-0.15, -0.1) is 5.10 Å². The number of thioether (sulfide) groups is 1. The lowest BCUT2D eigenvalue weighted by Crippen LogP contribution is -2.15. The summed E-state index contributed by atoms with van der Waals surface area (Å²) >= 11 is 1.14. The zero-order valence-electron chi connectivity index (χ0n) is 12.9. The lowest BCUT2D eigenvalue weighted by atomic mass is 10.2. The smallest absolute Gasteiger partial charge is 0.292 e. The van der Waals surface area contributed by atoms with E-state index in [0.29, 0.717) is 11.0 Å². The van der Waals surface area contributed by atoms with Crippen LogP contribution in [0.25, 0.3) is 11.4 Å². The molecule has 0 saturated carbocycles. The fourth-order valence-corrected chi connectivity index (χ4v) is 2.69. The van der Waals surface area contributed by atoms with E-state index in [1.807, 2.05) is 30.3 Å². The molecule has 2 N–H and O–H groups in total. The number of carbonyl (C=O) groups is 1. The molecule has 1 heterocycles. The van der Waals surface area contributed by atoms with E-state index in [9.17, 15) is 14.9 Å². The van der Waals surface area contributed by atoms with Gasteiger partial charge in [0.1, 0.15) is 5.69 Å². The molecule has 3 rings (SSSR count). The number of nitro benzene ring substituents is 1. The molecule has 1 aromatic heterocycles. The van der Waals surface area contributed by atoms with Gasteiger partial charge in [0.2, 0.25) is 11.1 Å². The summed E-state index contributed by atoms with van der Waals surface area (Å²) in [6.45, 7) is 0. The molecule has 0 aliphatic rings. The summed E-state index contributed by atoms with van der Waals surface area (Å²) in [7, 11) is 0. The Morgan fingerprint density at radius 1 is 1.16 bits per heavy atom. The normalized spacial score (nSPS) is 10.4. The molecule has 126 valence electrons. The second kappa shape index (κ2) is 7.58. The Kier molecular flexibility index (Phi) is 5.05. The number of nitro groups is 1. The van der Waals surface area contributed by atoms with Crippen LogP contribution in [-0.4, -0.2) is 31.8 Å². The van der Waals surface area contributed by atoms with Crippen molar-refractivity contribution in [1.82, 2.24) is 15.2 Å². The lowest BCUT2D eigenvalue weighted by Gasteiger charge is -2.04. The summed E-state index contributed by atoms with van der Waals surface area (Å²) in [5.41, 5.74) is 0.911. The number of anilines is 1. The van der Waals surface area contributed by atoms with E-state index in [-0.39, 0.29) is 23.0 Å². The summed E-state index contributed by atoms with van der Waals surface area (Å²) in [5, 5.41) is 20.8. The Labute approximate surface area is 146 Å². The third-order valence-electron chi connectivity index (χ3n) is 3.22. The second-order valence-corrected chi connectivity index (χ2v) is 5.89. The van der Waals surface area contributed by atoms with E-state index < -0.39 is 4.92 Å². The van der Waals surface area contributed by atoms with Gasteiger partial charge in [0.15, 0.2) is 5.82 Å². The number of hydrogen-bond acceptors (Lipinski definition) is 6. The van der Waals surface area contributed by atoms with Gasteiger partial charge in [0.25, 0.3) is 5.69 Å². The molecule has 25 heavy (non-hydrogen) atoms. The van der Waals surface area contributed by atoms with E-state index in [1.54, 1.807) is 12.1 Å². The summed E-state index contributed by atoms with van der Waals surface area (Å²) in [5.74, 6) is 0.283. The highest BCUT2D eigenvalue weighted by Gasteiger charge is 2.15. The predicted molar refractivity (Wildman–Crippen MR) is 94.3 cm³/mol. The monoisotopic (exact) mass is 355 g/mol. The summed E-state index contributed by atoms with van der Waals surface area (Å²) in [4.78, 5) is 26.7. The van der Waals surface area contributed by atoms with Gasteiger partial charge in [-0.05, 0) is 6.07 Å². The Morgan fingerprint density at radius 3 is 2.64 bits per heavy atom. The van der Waals surface area contributed by atoms with Crippen molar-refractivity contribution in [3.05, 3.63) is 64.7 Å². The highest BCUT2D eigenvalue weighted by Crippen LogP contribution is 2.24. The summed E-state index contributed by atoms with van der Waals surface area (Å²) in [6, 6.07) is 15.5. The summed E-state index contributed by atoms with van der Waals surface area (Å²) < 4.78 is 0. The van der Waals surface area contributed by atoms with Gasteiger partial charge >= 0.3 is 0 Å².